The summed E-state index contributed by atoms with van der Waals surface area (Å²) in [7, 11) is 0. The van der Waals surface area contributed by atoms with Crippen molar-refractivity contribution in [2.24, 2.45) is 16.7 Å². The monoisotopic (exact) mass is 819 g/mol. The molecule has 1 unspecified atom stereocenters. The number of hydrogen-bond donors (Lipinski definition) is 2. The zero-order chi connectivity index (χ0) is 41.6. The summed E-state index contributed by atoms with van der Waals surface area (Å²) in [5.74, 6) is 0.163. The third-order valence-corrected chi connectivity index (χ3v) is 13.3. The Labute approximate surface area is 348 Å². The van der Waals surface area contributed by atoms with Crippen molar-refractivity contribution in [2.75, 3.05) is 55.6 Å². The van der Waals surface area contributed by atoms with Gasteiger partial charge in [-0.15, -0.1) is 0 Å². The van der Waals surface area contributed by atoms with E-state index in [1.165, 1.54) is 4.68 Å². The molecule has 5 heterocycles. The lowest BCUT2D eigenvalue weighted by Crippen LogP contribution is -2.74. The van der Waals surface area contributed by atoms with Gasteiger partial charge in [-0.2, -0.15) is 10.4 Å². The first-order valence-corrected chi connectivity index (χ1v) is 20.8. The van der Waals surface area contributed by atoms with Crippen LogP contribution in [0.5, 0.6) is 5.75 Å². The summed E-state index contributed by atoms with van der Waals surface area (Å²) in [6, 6.07) is 15.8. The predicted octanol–water partition coefficient (Wildman–Crippen LogP) is 4.94. The van der Waals surface area contributed by atoms with Crippen LogP contribution < -0.4 is 30.7 Å². The van der Waals surface area contributed by atoms with Gasteiger partial charge in [0.05, 0.1) is 34.1 Å². The fraction of sp³-hybridized carbons (Fsp3) is 0.477. The van der Waals surface area contributed by atoms with Crippen molar-refractivity contribution >= 4 is 51.5 Å². The van der Waals surface area contributed by atoms with E-state index in [0.717, 1.165) is 75.4 Å². The first-order valence-electron chi connectivity index (χ1n) is 20.4. The summed E-state index contributed by atoms with van der Waals surface area (Å²) in [6.07, 6.45) is 5.86. The van der Waals surface area contributed by atoms with Crippen LogP contribution in [0.2, 0.25) is 5.02 Å². The van der Waals surface area contributed by atoms with Crippen LogP contribution in [-0.2, 0) is 9.59 Å². The Balaban J connectivity index is 0.792. The lowest BCUT2D eigenvalue weighted by atomic mass is 9.49. The second-order valence-electron chi connectivity index (χ2n) is 17.6. The second-order valence-corrected chi connectivity index (χ2v) is 18.0. The number of aromatic nitrogens is 3. The summed E-state index contributed by atoms with van der Waals surface area (Å²) in [6.45, 7) is 14.9. The number of imide groups is 1. The van der Waals surface area contributed by atoms with Crippen molar-refractivity contribution in [1.82, 2.24) is 30.3 Å². The number of nitriles is 1. The molecule has 1 saturated carbocycles. The first kappa shape index (κ1) is 40.3. The number of fused-ring (bicyclic) bond motifs is 1. The van der Waals surface area contributed by atoms with Crippen molar-refractivity contribution < 1.29 is 19.1 Å². The normalized spacial score (nSPS) is 23.3. The molecule has 3 aliphatic heterocycles. The Morgan fingerprint density at radius 2 is 1.63 bits per heavy atom. The minimum absolute atomic E-state index is 0.155. The number of hydrogen-bond acceptors (Lipinski definition) is 11. The van der Waals surface area contributed by atoms with Gasteiger partial charge in [0.2, 0.25) is 5.91 Å². The maximum absolute atomic E-state index is 13.4. The predicted molar refractivity (Wildman–Crippen MR) is 225 cm³/mol. The molecule has 14 nitrogen and oxygen atoms in total. The van der Waals surface area contributed by atoms with Gasteiger partial charge in [0.1, 0.15) is 29.7 Å². The number of pyridine rings is 1. The molecular formula is C44H50ClN9O5. The molecule has 3 amide bonds. The third-order valence-electron chi connectivity index (χ3n) is 12.9. The van der Waals surface area contributed by atoms with Gasteiger partial charge >= 0.3 is 0 Å². The van der Waals surface area contributed by atoms with Crippen molar-refractivity contribution in [3.63, 3.8) is 0 Å². The van der Waals surface area contributed by atoms with Crippen LogP contribution in [0.15, 0.2) is 65.7 Å². The Morgan fingerprint density at radius 1 is 0.915 bits per heavy atom. The molecule has 0 bridgehead atoms. The van der Waals surface area contributed by atoms with E-state index in [4.69, 9.17) is 16.3 Å². The standard InChI is InChI=1S/C44H50ClN9O5/c1-43(2)41(44(3,4)42(43)59-32-8-5-28(23-46)34(45)22-32)50-38(56)35-10-7-31(25-47-35)52-15-13-27(14-16-52)26-51-17-19-53(20-18-51)30-6-9-33-29(21-30)24-48-54(40(33)58)36-11-12-37(55)49-39(36)57/h5-10,21-22,24-25,27,36,41-42H,11-20,26H2,1-4H3,(H,50,56)(H,49,55,57)/t36?,41-,42-. The van der Waals surface area contributed by atoms with Gasteiger partial charge in [-0.3, -0.25) is 29.4 Å². The van der Waals surface area contributed by atoms with E-state index in [1.807, 2.05) is 36.5 Å². The maximum atomic E-state index is 13.4. The minimum atomic E-state index is -0.784. The highest BCUT2D eigenvalue weighted by atomic mass is 35.5. The highest BCUT2D eigenvalue weighted by molar-refractivity contribution is 6.31. The van der Waals surface area contributed by atoms with Gasteiger partial charge in [-0.05, 0) is 67.6 Å². The summed E-state index contributed by atoms with van der Waals surface area (Å²) in [5.41, 5.74) is 1.77. The summed E-state index contributed by atoms with van der Waals surface area (Å²) in [4.78, 5) is 62.5. The number of nitrogens with zero attached hydrogens (tertiary/aromatic N) is 7. The minimum Gasteiger partial charge on any atom is -0.489 e. The van der Waals surface area contributed by atoms with Crippen LogP contribution >= 0.6 is 11.6 Å². The van der Waals surface area contributed by atoms with Crippen molar-refractivity contribution in [3.8, 4) is 11.8 Å². The zero-order valence-electron chi connectivity index (χ0n) is 33.9. The Kier molecular flexibility index (Phi) is 10.9. The van der Waals surface area contributed by atoms with Gasteiger partial charge in [-0.1, -0.05) is 39.3 Å². The largest absolute Gasteiger partial charge is 0.489 e. The molecular weight excluding hydrogens is 770 g/mol. The molecule has 2 N–H and O–H groups in total. The lowest BCUT2D eigenvalue weighted by Gasteiger charge is -2.63. The molecule has 59 heavy (non-hydrogen) atoms. The lowest BCUT2D eigenvalue weighted by molar-refractivity contribution is -0.164. The Bertz CT molecular complexity index is 2360. The second kappa shape index (κ2) is 15.9. The number of carbonyl (C=O) groups is 3. The van der Waals surface area contributed by atoms with Crippen LogP contribution in [0.3, 0.4) is 0 Å². The molecule has 4 aromatic rings. The number of anilines is 2. The number of ether oxygens (including phenoxy) is 1. The smallest absolute Gasteiger partial charge is 0.275 e. The van der Waals surface area contributed by atoms with E-state index in [-0.39, 0.29) is 53.2 Å². The number of rotatable bonds is 9. The number of piperidine rings is 2. The van der Waals surface area contributed by atoms with Crippen LogP contribution in [0.4, 0.5) is 11.4 Å². The molecule has 0 radical (unpaired) electrons. The highest BCUT2D eigenvalue weighted by Gasteiger charge is 2.64. The van der Waals surface area contributed by atoms with Crippen molar-refractivity contribution in [1.29, 1.82) is 5.26 Å². The third kappa shape index (κ3) is 7.85. The van der Waals surface area contributed by atoms with Gasteiger partial charge in [0.15, 0.2) is 0 Å². The van der Waals surface area contributed by atoms with Crippen LogP contribution in [-0.4, -0.2) is 95.3 Å². The molecule has 8 rings (SSSR count). The Hall–Kier alpha value is -5.52. The van der Waals surface area contributed by atoms with Gasteiger partial charge in [0, 0.05) is 86.2 Å². The molecule has 308 valence electrons. The van der Waals surface area contributed by atoms with E-state index in [2.05, 4.69) is 69.2 Å². The SMILES string of the molecule is CC1(C)[C@H](NC(=O)c2ccc(N3CCC(CN4CCN(c5ccc6c(=O)n(C7CCC(=O)NC7=O)ncc6c5)CC4)CC3)cn2)C(C)(C)[C@H]1Oc1ccc(C#N)c(Cl)c1. The number of benzene rings is 2. The van der Waals surface area contributed by atoms with E-state index >= 15 is 0 Å². The molecule has 1 aliphatic carbocycles. The number of nitrogens with one attached hydrogen (secondary N) is 2. The average Bonchev–Trinajstić information content (AvgIpc) is 3.22. The number of carbonyl (C=O) groups excluding carboxylic acids is 3. The summed E-state index contributed by atoms with van der Waals surface area (Å²) >= 11 is 6.25. The summed E-state index contributed by atoms with van der Waals surface area (Å²) in [5, 5.41) is 20.6. The molecule has 2 aromatic carbocycles. The Morgan fingerprint density at radius 3 is 2.29 bits per heavy atom. The maximum Gasteiger partial charge on any atom is 0.275 e. The highest BCUT2D eigenvalue weighted by Crippen LogP contribution is 2.55. The van der Waals surface area contributed by atoms with E-state index < -0.39 is 11.9 Å². The molecule has 3 saturated heterocycles. The van der Waals surface area contributed by atoms with Crippen molar-refractivity contribution in [2.45, 2.75) is 71.6 Å². The average molecular weight is 820 g/mol. The zero-order valence-corrected chi connectivity index (χ0v) is 34.7. The number of amides is 3. The first-order chi connectivity index (χ1) is 28.2. The van der Waals surface area contributed by atoms with Crippen molar-refractivity contribution in [3.05, 3.63) is 87.6 Å². The number of halogens is 1. The quantitative estimate of drug-likeness (QED) is 0.220. The van der Waals surface area contributed by atoms with Gasteiger partial charge in [0.25, 0.3) is 17.4 Å². The summed E-state index contributed by atoms with van der Waals surface area (Å²) < 4.78 is 7.57. The molecule has 4 fully saturated rings. The van der Waals surface area contributed by atoms with E-state index in [1.54, 1.807) is 24.4 Å². The van der Waals surface area contributed by atoms with Crippen LogP contribution in [0.1, 0.15) is 75.5 Å². The van der Waals surface area contributed by atoms with Crippen LogP contribution in [0.25, 0.3) is 10.8 Å². The molecule has 0 spiro atoms. The number of piperazine rings is 1. The fourth-order valence-corrected chi connectivity index (χ4v) is 10.1. The van der Waals surface area contributed by atoms with E-state index in [0.29, 0.717) is 33.3 Å². The molecule has 2 aromatic heterocycles. The fourth-order valence-electron chi connectivity index (χ4n) is 9.92. The van der Waals surface area contributed by atoms with Crippen LogP contribution in [0, 0.1) is 28.1 Å². The van der Waals surface area contributed by atoms with Gasteiger partial charge in [-0.25, -0.2) is 9.67 Å². The molecule has 15 heteroatoms. The topological polar surface area (TPSA) is 166 Å². The van der Waals surface area contributed by atoms with E-state index in [9.17, 15) is 24.4 Å². The van der Waals surface area contributed by atoms with Gasteiger partial charge < -0.3 is 19.9 Å². The molecule has 1 atom stereocenters. The molecule has 4 aliphatic rings.